The van der Waals surface area contributed by atoms with Crippen LogP contribution in [0.2, 0.25) is 0 Å². The molecule has 0 unspecified atom stereocenters. The van der Waals surface area contributed by atoms with Crippen molar-refractivity contribution in [1.82, 2.24) is 9.88 Å². The minimum absolute atomic E-state index is 0.157. The molecule has 7 heteroatoms. The molecule has 0 spiro atoms. The summed E-state index contributed by atoms with van der Waals surface area (Å²) in [6, 6.07) is 13.4. The van der Waals surface area contributed by atoms with Crippen LogP contribution in [0.3, 0.4) is 0 Å². The van der Waals surface area contributed by atoms with Crippen molar-refractivity contribution in [3.63, 3.8) is 0 Å². The van der Waals surface area contributed by atoms with Crippen LogP contribution in [0.15, 0.2) is 60.6 Å². The molecule has 0 saturated carbocycles. The van der Waals surface area contributed by atoms with Crippen molar-refractivity contribution in [2.24, 2.45) is 0 Å². The molecule has 2 aliphatic heterocycles. The SMILES string of the molecule is COc1ccc(N2CCN(Cc3c(O)cc(C)c4c3OC(=Cc3cccnc3)C4=O)CC2)cc1. The summed E-state index contributed by atoms with van der Waals surface area (Å²) < 4.78 is 11.3. The molecule has 1 aromatic heterocycles. The van der Waals surface area contributed by atoms with Crippen LogP contribution in [0.4, 0.5) is 5.69 Å². The Morgan fingerprint density at radius 3 is 2.59 bits per heavy atom. The monoisotopic (exact) mass is 457 g/mol. The van der Waals surface area contributed by atoms with Crippen LogP contribution < -0.4 is 14.4 Å². The fourth-order valence-corrected chi connectivity index (χ4v) is 4.53. The molecule has 0 bridgehead atoms. The zero-order chi connectivity index (χ0) is 23.7. The standard InChI is InChI=1S/C27H27N3O4/c1-18-14-23(31)22(27-25(18)26(32)24(34-27)15-19-4-3-9-28-16-19)17-29-10-12-30(13-11-29)20-5-7-21(33-2)8-6-20/h3-9,14-16,31H,10-13,17H2,1-2H3. The molecular formula is C27H27N3O4. The number of allylic oxidation sites excluding steroid dienone is 1. The molecule has 3 aromatic rings. The number of phenolic OH excluding ortho intramolecular Hbond substituents is 1. The third-order valence-corrected chi connectivity index (χ3v) is 6.39. The Hall–Kier alpha value is -3.84. The lowest BCUT2D eigenvalue weighted by atomic mass is 9.99. The number of Topliss-reactive ketones (excluding diaryl/α,β-unsaturated/α-hetero) is 1. The van der Waals surface area contributed by atoms with E-state index in [0.717, 1.165) is 37.5 Å². The van der Waals surface area contributed by atoms with Crippen LogP contribution >= 0.6 is 0 Å². The maximum absolute atomic E-state index is 13.1. The molecule has 1 N–H and O–H groups in total. The lowest BCUT2D eigenvalue weighted by molar-refractivity contribution is 0.101. The molecule has 0 amide bonds. The summed E-state index contributed by atoms with van der Waals surface area (Å²) in [4.78, 5) is 21.8. The molecule has 2 aromatic carbocycles. The van der Waals surface area contributed by atoms with Gasteiger partial charge in [0.05, 0.1) is 18.2 Å². The van der Waals surface area contributed by atoms with Gasteiger partial charge in [-0.2, -0.15) is 0 Å². The number of hydrogen-bond donors (Lipinski definition) is 1. The molecule has 7 nitrogen and oxygen atoms in total. The van der Waals surface area contributed by atoms with Gasteiger partial charge in [0.1, 0.15) is 17.2 Å². The lowest BCUT2D eigenvalue weighted by Gasteiger charge is -2.36. The van der Waals surface area contributed by atoms with Gasteiger partial charge in [0.25, 0.3) is 0 Å². The minimum atomic E-state index is -0.165. The number of aromatic nitrogens is 1. The van der Waals surface area contributed by atoms with Gasteiger partial charge in [-0.3, -0.25) is 14.7 Å². The molecule has 0 aliphatic carbocycles. The summed E-state index contributed by atoms with van der Waals surface area (Å²) in [5.41, 5.74) is 3.84. The van der Waals surface area contributed by atoms with Crippen molar-refractivity contribution < 1.29 is 19.4 Å². The molecule has 2 aliphatic rings. The fraction of sp³-hybridized carbons (Fsp3) is 0.259. The summed E-state index contributed by atoms with van der Waals surface area (Å²) in [6.07, 6.45) is 5.06. The summed E-state index contributed by atoms with van der Waals surface area (Å²) in [5, 5.41) is 10.8. The van der Waals surface area contributed by atoms with Crippen molar-refractivity contribution >= 4 is 17.5 Å². The highest BCUT2D eigenvalue weighted by molar-refractivity contribution is 6.15. The van der Waals surface area contributed by atoms with Gasteiger partial charge in [-0.1, -0.05) is 6.07 Å². The normalized spacial score (nSPS) is 17.1. The van der Waals surface area contributed by atoms with Crippen molar-refractivity contribution in [1.29, 1.82) is 0 Å². The third kappa shape index (κ3) is 4.22. The zero-order valence-corrected chi connectivity index (χ0v) is 19.3. The van der Waals surface area contributed by atoms with Gasteiger partial charge in [0, 0.05) is 50.8 Å². The number of carbonyl (C=O) groups is 1. The maximum atomic E-state index is 13.1. The Balaban J connectivity index is 1.33. The van der Waals surface area contributed by atoms with Gasteiger partial charge >= 0.3 is 0 Å². The number of phenols is 1. The second kappa shape index (κ2) is 9.19. The number of carbonyl (C=O) groups excluding carboxylic acids is 1. The number of aromatic hydroxyl groups is 1. The van der Waals surface area contributed by atoms with E-state index in [-0.39, 0.29) is 17.3 Å². The average molecular weight is 458 g/mol. The number of aryl methyl sites for hydroxylation is 1. The van der Waals surface area contributed by atoms with Crippen molar-refractivity contribution in [3.05, 3.63) is 82.9 Å². The van der Waals surface area contributed by atoms with E-state index < -0.39 is 0 Å². The van der Waals surface area contributed by atoms with Crippen LogP contribution in [0, 0.1) is 6.92 Å². The zero-order valence-electron chi connectivity index (χ0n) is 19.3. The highest BCUT2D eigenvalue weighted by Crippen LogP contribution is 2.42. The van der Waals surface area contributed by atoms with Crippen LogP contribution in [-0.4, -0.2) is 54.1 Å². The average Bonchev–Trinajstić information content (AvgIpc) is 3.19. The number of anilines is 1. The summed E-state index contributed by atoms with van der Waals surface area (Å²) in [7, 11) is 1.67. The number of rotatable bonds is 5. The first-order valence-electron chi connectivity index (χ1n) is 11.3. The van der Waals surface area contributed by atoms with Crippen LogP contribution in [-0.2, 0) is 6.54 Å². The number of hydrogen-bond acceptors (Lipinski definition) is 7. The van der Waals surface area contributed by atoms with Gasteiger partial charge in [0.2, 0.25) is 5.78 Å². The quantitative estimate of drug-likeness (QED) is 0.580. The molecule has 0 radical (unpaired) electrons. The van der Waals surface area contributed by atoms with Gasteiger partial charge in [-0.05, 0) is 60.5 Å². The molecule has 1 saturated heterocycles. The van der Waals surface area contributed by atoms with E-state index in [1.54, 1.807) is 31.6 Å². The molecule has 174 valence electrons. The summed E-state index contributed by atoms with van der Waals surface area (Å²) >= 11 is 0. The third-order valence-electron chi connectivity index (χ3n) is 6.39. The first kappa shape index (κ1) is 22.0. The Morgan fingerprint density at radius 2 is 1.91 bits per heavy atom. The van der Waals surface area contributed by atoms with E-state index in [2.05, 4.69) is 26.9 Å². The first-order chi connectivity index (χ1) is 16.5. The Kier molecular flexibility index (Phi) is 5.94. The second-order valence-electron chi connectivity index (χ2n) is 8.58. The summed E-state index contributed by atoms with van der Waals surface area (Å²) in [5.74, 6) is 1.56. The second-order valence-corrected chi connectivity index (χ2v) is 8.58. The molecule has 1 fully saturated rings. The van der Waals surface area contributed by atoms with Crippen molar-refractivity contribution in [3.8, 4) is 17.2 Å². The van der Waals surface area contributed by atoms with Gasteiger partial charge < -0.3 is 19.5 Å². The smallest absolute Gasteiger partial charge is 0.232 e. The van der Waals surface area contributed by atoms with E-state index in [0.29, 0.717) is 29.0 Å². The molecule has 0 atom stereocenters. The molecule has 3 heterocycles. The Labute approximate surface area is 198 Å². The number of pyridine rings is 1. The van der Waals surface area contributed by atoms with E-state index in [4.69, 9.17) is 9.47 Å². The highest BCUT2D eigenvalue weighted by atomic mass is 16.5. The fourth-order valence-electron chi connectivity index (χ4n) is 4.53. The number of fused-ring (bicyclic) bond motifs is 1. The topological polar surface area (TPSA) is 75.1 Å². The van der Waals surface area contributed by atoms with Crippen molar-refractivity contribution in [2.45, 2.75) is 13.5 Å². The van der Waals surface area contributed by atoms with E-state index in [9.17, 15) is 9.90 Å². The molecular weight excluding hydrogens is 430 g/mol. The van der Waals surface area contributed by atoms with Crippen molar-refractivity contribution in [2.75, 3.05) is 38.2 Å². The first-order valence-corrected chi connectivity index (χ1v) is 11.3. The number of methoxy groups -OCH3 is 1. The highest BCUT2D eigenvalue weighted by Gasteiger charge is 2.34. The van der Waals surface area contributed by atoms with Crippen LogP contribution in [0.1, 0.15) is 27.0 Å². The number of ketones is 1. The molecule has 5 rings (SSSR count). The van der Waals surface area contributed by atoms with Crippen LogP contribution in [0.5, 0.6) is 17.2 Å². The van der Waals surface area contributed by atoms with Crippen LogP contribution in [0.25, 0.3) is 6.08 Å². The summed E-state index contributed by atoms with van der Waals surface area (Å²) in [6.45, 7) is 5.74. The number of nitrogens with zero attached hydrogens (tertiary/aromatic N) is 3. The van der Waals surface area contributed by atoms with Gasteiger partial charge in [0.15, 0.2) is 5.76 Å². The predicted molar refractivity (Wildman–Crippen MR) is 131 cm³/mol. The van der Waals surface area contributed by atoms with Gasteiger partial charge in [-0.15, -0.1) is 0 Å². The van der Waals surface area contributed by atoms with Gasteiger partial charge in [-0.25, -0.2) is 0 Å². The number of benzene rings is 2. The Bertz CT molecular complexity index is 1230. The largest absolute Gasteiger partial charge is 0.507 e. The minimum Gasteiger partial charge on any atom is -0.507 e. The van der Waals surface area contributed by atoms with E-state index in [1.807, 2.05) is 31.2 Å². The molecule has 34 heavy (non-hydrogen) atoms. The van der Waals surface area contributed by atoms with E-state index in [1.165, 1.54) is 5.69 Å². The predicted octanol–water partition coefficient (Wildman–Crippen LogP) is 4.04. The number of ether oxygens (including phenoxy) is 2. The Morgan fingerprint density at radius 1 is 1.15 bits per heavy atom. The lowest BCUT2D eigenvalue weighted by Crippen LogP contribution is -2.46. The maximum Gasteiger partial charge on any atom is 0.232 e. The van der Waals surface area contributed by atoms with E-state index >= 15 is 0 Å². The number of piperazine rings is 1.